The van der Waals surface area contributed by atoms with Crippen molar-refractivity contribution in [3.05, 3.63) is 35.6 Å². The van der Waals surface area contributed by atoms with Gasteiger partial charge in [-0.05, 0) is 49.3 Å². The Kier molecular flexibility index (Phi) is 6.71. The van der Waals surface area contributed by atoms with Crippen LogP contribution in [0.15, 0.2) is 24.3 Å². The first-order valence-corrected chi connectivity index (χ1v) is 8.75. The third-order valence-electron chi connectivity index (χ3n) is 4.78. The van der Waals surface area contributed by atoms with Gasteiger partial charge >= 0.3 is 5.97 Å². The number of hydrogen-bond acceptors (Lipinski definition) is 4. The van der Waals surface area contributed by atoms with Crippen LogP contribution in [0.1, 0.15) is 38.2 Å². The molecule has 2 N–H and O–H groups in total. The predicted octanol–water partition coefficient (Wildman–Crippen LogP) is 1.72. The molecule has 1 saturated carbocycles. The minimum absolute atomic E-state index is 0.0231. The molecule has 0 aliphatic heterocycles. The fourth-order valence-corrected chi connectivity index (χ4v) is 3.22. The molecule has 0 radical (unpaired) electrons. The van der Waals surface area contributed by atoms with Gasteiger partial charge in [0.2, 0.25) is 11.8 Å². The van der Waals surface area contributed by atoms with E-state index in [4.69, 9.17) is 4.74 Å². The summed E-state index contributed by atoms with van der Waals surface area (Å²) in [7, 11) is 1.30. The first kappa shape index (κ1) is 19.9. The van der Waals surface area contributed by atoms with Crippen LogP contribution in [-0.2, 0) is 25.5 Å². The van der Waals surface area contributed by atoms with Gasteiger partial charge in [-0.1, -0.05) is 19.1 Å². The average Bonchev–Trinajstić information content (AvgIpc) is 2.61. The minimum Gasteiger partial charge on any atom is -0.467 e. The second-order valence-electron chi connectivity index (χ2n) is 6.89. The Labute approximate surface area is 152 Å². The zero-order valence-electron chi connectivity index (χ0n) is 15.1. The Balaban J connectivity index is 1.88. The Morgan fingerprint density at radius 1 is 1.23 bits per heavy atom. The standard InChI is InChI=1S/C19H25FN2O4/c1-13-6-8-19(9-7-13,18(25)26-2)22-17(24)12-21-16(23)11-14-4-3-5-15(20)10-14/h3-5,10,13H,6-9,11-12H2,1-2H3,(H,21,23)(H,22,24). The Morgan fingerprint density at radius 2 is 1.92 bits per heavy atom. The molecule has 6 nitrogen and oxygen atoms in total. The third-order valence-corrected chi connectivity index (χ3v) is 4.78. The summed E-state index contributed by atoms with van der Waals surface area (Å²) in [6, 6.07) is 5.73. The minimum atomic E-state index is -1.02. The van der Waals surface area contributed by atoms with E-state index in [1.807, 2.05) is 0 Å². The molecule has 2 amide bonds. The molecule has 142 valence electrons. The molecule has 0 heterocycles. The lowest BCUT2D eigenvalue weighted by atomic mass is 9.77. The number of carbonyl (C=O) groups excluding carboxylic acids is 3. The third kappa shape index (κ3) is 5.28. The lowest BCUT2D eigenvalue weighted by molar-refractivity contribution is -0.153. The lowest BCUT2D eigenvalue weighted by Crippen LogP contribution is -2.58. The van der Waals surface area contributed by atoms with Crippen LogP contribution in [0.4, 0.5) is 4.39 Å². The number of halogens is 1. The Hall–Kier alpha value is -2.44. The van der Waals surface area contributed by atoms with E-state index >= 15 is 0 Å². The maximum absolute atomic E-state index is 13.1. The summed E-state index contributed by atoms with van der Waals surface area (Å²) >= 11 is 0. The second-order valence-corrected chi connectivity index (χ2v) is 6.89. The molecule has 7 heteroatoms. The highest BCUT2D eigenvalue weighted by molar-refractivity contribution is 5.91. The quantitative estimate of drug-likeness (QED) is 0.753. The lowest BCUT2D eigenvalue weighted by Gasteiger charge is -2.37. The van der Waals surface area contributed by atoms with Crippen LogP contribution in [0.2, 0.25) is 0 Å². The van der Waals surface area contributed by atoms with Gasteiger partial charge in [0, 0.05) is 0 Å². The van der Waals surface area contributed by atoms with Gasteiger partial charge in [0.1, 0.15) is 11.4 Å². The smallest absolute Gasteiger partial charge is 0.331 e. The molecule has 1 aromatic rings. The van der Waals surface area contributed by atoms with Crippen molar-refractivity contribution in [2.24, 2.45) is 5.92 Å². The molecule has 1 aliphatic rings. The van der Waals surface area contributed by atoms with E-state index in [-0.39, 0.29) is 13.0 Å². The normalized spacial score (nSPS) is 22.3. The number of rotatable bonds is 6. The van der Waals surface area contributed by atoms with Crippen molar-refractivity contribution in [2.75, 3.05) is 13.7 Å². The van der Waals surface area contributed by atoms with Crippen molar-refractivity contribution in [1.29, 1.82) is 0 Å². The molecular weight excluding hydrogens is 339 g/mol. The molecular formula is C19H25FN2O4. The van der Waals surface area contributed by atoms with Crippen molar-refractivity contribution in [1.82, 2.24) is 10.6 Å². The first-order chi connectivity index (χ1) is 12.3. The molecule has 0 bridgehead atoms. The average molecular weight is 364 g/mol. The molecule has 0 saturated heterocycles. The molecule has 1 aromatic carbocycles. The van der Waals surface area contributed by atoms with Crippen LogP contribution in [0.3, 0.4) is 0 Å². The highest BCUT2D eigenvalue weighted by Crippen LogP contribution is 2.32. The number of nitrogens with one attached hydrogen (secondary N) is 2. The van der Waals surface area contributed by atoms with Gasteiger partial charge in [-0.15, -0.1) is 0 Å². The van der Waals surface area contributed by atoms with Gasteiger partial charge in [-0.2, -0.15) is 0 Å². The number of methoxy groups -OCH3 is 1. The summed E-state index contributed by atoms with van der Waals surface area (Å²) < 4.78 is 18.0. The summed E-state index contributed by atoms with van der Waals surface area (Å²) in [6.45, 7) is 1.86. The largest absolute Gasteiger partial charge is 0.467 e. The SMILES string of the molecule is COC(=O)C1(NC(=O)CNC(=O)Cc2cccc(F)c2)CCC(C)CC1. The molecule has 0 spiro atoms. The van der Waals surface area contributed by atoms with Crippen molar-refractivity contribution in [3.8, 4) is 0 Å². The van der Waals surface area contributed by atoms with Crippen LogP contribution in [0.25, 0.3) is 0 Å². The second kappa shape index (κ2) is 8.78. The molecule has 26 heavy (non-hydrogen) atoms. The Morgan fingerprint density at radius 3 is 2.54 bits per heavy atom. The van der Waals surface area contributed by atoms with E-state index < -0.39 is 29.1 Å². The number of hydrogen-bond donors (Lipinski definition) is 2. The van der Waals surface area contributed by atoms with Crippen LogP contribution < -0.4 is 10.6 Å². The molecule has 1 fully saturated rings. The molecule has 1 aliphatic carbocycles. The van der Waals surface area contributed by atoms with Crippen molar-refractivity contribution >= 4 is 17.8 Å². The van der Waals surface area contributed by atoms with E-state index in [1.54, 1.807) is 6.07 Å². The van der Waals surface area contributed by atoms with Crippen molar-refractivity contribution in [3.63, 3.8) is 0 Å². The summed E-state index contributed by atoms with van der Waals surface area (Å²) in [5.41, 5.74) is -0.499. The summed E-state index contributed by atoms with van der Waals surface area (Å²) in [4.78, 5) is 36.3. The zero-order valence-corrected chi connectivity index (χ0v) is 15.1. The van der Waals surface area contributed by atoms with Gasteiger partial charge in [-0.25, -0.2) is 9.18 Å². The summed E-state index contributed by atoms with van der Waals surface area (Å²) in [5, 5.41) is 5.24. The molecule has 0 unspecified atom stereocenters. The van der Waals surface area contributed by atoms with E-state index in [0.29, 0.717) is 24.3 Å². The first-order valence-electron chi connectivity index (χ1n) is 8.75. The van der Waals surface area contributed by atoms with Crippen molar-refractivity contribution < 1.29 is 23.5 Å². The number of benzene rings is 1. The highest BCUT2D eigenvalue weighted by Gasteiger charge is 2.43. The van der Waals surface area contributed by atoms with Gasteiger partial charge in [0.05, 0.1) is 20.1 Å². The summed E-state index contributed by atoms with van der Waals surface area (Å²) in [6.07, 6.45) is 2.65. The highest BCUT2D eigenvalue weighted by atomic mass is 19.1. The van der Waals surface area contributed by atoms with Crippen molar-refractivity contribution in [2.45, 2.75) is 44.6 Å². The predicted molar refractivity (Wildman–Crippen MR) is 93.6 cm³/mol. The van der Waals surface area contributed by atoms with Gasteiger partial charge in [-0.3, -0.25) is 9.59 Å². The van der Waals surface area contributed by atoms with Crippen LogP contribution >= 0.6 is 0 Å². The van der Waals surface area contributed by atoms with E-state index in [0.717, 1.165) is 12.8 Å². The molecule has 2 rings (SSSR count). The van der Waals surface area contributed by atoms with Gasteiger partial charge in [0.25, 0.3) is 0 Å². The number of amides is 2. The molecule has 0 aromatic heterocycles. The number of carbonyl (C=O) groups is 3. The van der Waals surface area contributed by atoms with Crippen LogP contribution in [0.5, 0.6) is 0 Å². The fourth-order valence-electron chi connectivity index (χ4n) is 3.22. The Bertz CT molecular complexity index is 669. The maximum atomic E-state index is 13.1. The van der Waals surface area contributed by atoms with Gasteiger partial charge < -0.3 is 15.4 Å². The fraction of sp³-hybridized carbons (Fsp3) is 0.526. The number of esters is 1. The zero-order chi connectivity index (χ0) is 19.2. The summed E-state index contributed by atoms with van der Waals surface area (Å²) in [5.74, 6) is -1.22. The van der Waals surface area contributed by atoms with Crippen LogP contribution in [-0.4, -0.2) is 37.0 Å². The molecule has 0 atom stereocenters. The van der Waals surface area contributed by atoms with E-state index in [9.17, 15) is 18.8 Å². The topological polar surface area (TPSA) is 84.5 Å². The maximum Gasteiger partial charge on any atom is 0.331 e. The van der Waals surface area contributed by atoms with E-state index in [1.165, 1.54) is 25.3 Å². The van der Waals surface area contributed by atoms with Crippen LogP contribution in [0, 0.1) is 11.7 Å². The van der Waals surface area contributed by atoms with E-state index in [2.05, 4.69) is 17.6 Å². The monoisotopic (exact) mass is 364 g/mol. The van der Waals surface area contributed by atoms with Gasteiger partial charge in [0.15, 0.2) is 0 Å². The number of ether oxygens (including phenoxy) is 1.